The molecule has 40 heavy (non-hydrogen) atoms. The summed E-state index contributed by atoms with van der Waals surface area (Å²) in [5.74, 6) is -0.333. The first-order valence-corrected chi connectivity index (χ1v) is 13.5. The molecule has 1 aliphatic heterocycles. The molecule has 0 aromatic heterocycles. The standard InChI is InChI=1S/C34H30FNO4/c1-39-26-11-7-24(8-12-26)34(23-5-9-25(10-6-23)36-15-3-4-16-36)14-13-27-30(33(38)40-2)19-29-28(31(27)20-34)17-22(21-37)18-32(29)35/h5-14,17-19,21H,3-4,15-16,20H2,1-2H3. The van der Waals surface area contributed by atoms with Crippen LogP contribution in [0.1, 0.15) is 55.8 Å². The molecule has 1 unspecified atom stereocenters. The van der Waals surface area contributed by atoms with Gasteiger partial charge in [0.15, 0.2) is 0 Å². The molecule has 1 heterocycles. The van der Waals surface area contributed by atoms with Crippen LogP contribution in [0.3, 0.4) is 0 Å². The number of carbonyl (C=O) groups excluding carboxylic acids is 2. The lowest BCUT2D eigenvalue weighted by molar-refractivity contribution is 0.0600. The number of halogens is 1. The van der Waals surface area contributed by atoms with Gasteiger partial charge in [-0.1, -0.05) is 36.4 Å². The van der Waals surface area contributed by atoms with Gasteiger partial charge in [-0.3, -0.25) is 4.79 Å². The molecular weight excluding hydrogens is 505 g/mol. The Bertz CT molecular complexity index is 1640. The van der Waals surface area contributed by atoms with Crippen molar-refractivity contribution in [1.82, 2.24) is 0 Å². The van der Waals surface area contributed by atoms with Crippen LogP contribution in [0, 0.1) is 5.82 Å². The van der Waals surface area contributed by atoms with E-state index in [1.165, 1.54) is 37.8 Å². The highest BCUT2D eigenvalue weighted by Crippen LogP contribution is 2.45. The number of aldehydes is 1. The maximum Gasteiger partial charge on any atom is 0.338 e. The number of ether oxygens (including phenoxy) is 2. The van der Waals surface area contributed by atoms with Crippen molar-refractivity contribution in [3.8, 4) is 5.75 Å². The van der Waals surface area contributed by atoms with E-state index in [1.807, 2.05) is 30.3 Å². The molecule has 0 bridgehead atoms. The first-order valence-electron chi connectivity index (χ1n) is 13.5. The molecule has 6 heteroatoms. The van der Waals surface area contributed by atoms with Crippen LogP contribution in [0.4, 0.5) is 10.1 Å². The zero-order chi connectivity index (χ0) is 27.9. The molecular formula is C34H30FNO4. The Kier molecular flexibility index (Phi) is 6.62. The van der Waals surface area contributed by atoms with Crippen LogP contribution < -0.4 is 9.64 Å². The highest BCUT2D eigenvalue weighted by molar-refractivity contribution is 6.03. The third-order valence-corrected chi connectivity index (χ3v) is 8.37. The lowest BCUT2D eigenvalue weighted by atomic mass is 9.66. The van der Waals surface area contributed by atoms with Gasteiger partial charge in [0.2, 0.25) is 0 Å². The second-order valence-electron chi connectivity index (χ2n) is 10.5. The molecule has 1 saturated heterocycles. The van der Waals surface area contributed by atoms with Crippen molar-refractivity contribution in [2.24, 2.45) is 0 Å². The molecule has 4 aromatic rings. The Balaban J connectivity index is 1.59. The van der Waals surface area contributed by atoms with E-state index in [2.05, 4.69) is 35.2 Å². The Morgan fingerprint density at radius 3 is 2.23 bits per heavy atom. The van der Waals surface area contributed by atoms with Gasteiger partial charge in [0.25, 0.3) is 0 Å². The molecule has 4 aromatic carbocycles. The molecule has 1 fully saturated rings. The van der Waals surface area contributed by atoms with Crippen LogP contribution in [0.5, 0.6) is 5.75 Å². The van der Waals surface area contributed by atoms with Gasteiger partial charge in [-0.05, 0) is 89.4 Å². The molecule has 202 valence electrons. The van der Waals surface area contributed by atoms with Gasteiger partial charge in [-0.15, -0.1) is 0 Å². The molecule has 0 saturated carbocycles. The van der Waals surface area contributed by atoms with Crippen molar-refractivity contribution >= 4 is 34.8 Å². The minimum Gasteiger partial charge on any atom is -0.497 e. The molecule has 5 nitrogen and oxygen atoms in total. The maximum atomic E-state index is 15.3. The number of allylic oxidation sites excluding steroid dienone is 1. The number of benzene rings is 4. The molecule has 1 atom stereocenters. The Morgan fingerprint density at radius 1 is 0.925 bits per heavy atom. The minimum absolute atomic E-state index is 0.248. The van der Waals surface area contributed by atoms with Crippen molar-refractivity contribution in [1.29, 1.82) is 0 Å². The SMILES string of the molecule is COC(=O)c1cc2c(F)cc(C=O)cc2c2c1C=CC(c1ccc(OC)cc1)(c1ccc(N3CCCC3)cc1)C2. The average Bonchev–Trinajstić information content (AvgIpc) is 3.55. The van der Waals surface area contributed by atoms with Gasteiger partial charge >= 0.3 is 5.97 Å². The third-order valence-electron chi connectivity index (χ3n) is 8.37. The fourth-order valence-corrected chi connectivity index (χ4v) is 6.25. The molecule has 0 amide bonds. The topological polar surface area (TPSA) is 55.8 Å². The van der Waals surface area contributed by atoms with Crippen LogP contribution in [-0.2, 0) is 16.6 Å². The van der Waals surface area contributed by atoms with E-state index in [9.17, 15) is 9.59 Å². The van der Waals surface area contributed by atoms with Gasteiger partial charge in [0.1, 0.15) is 17.9 Å². The smallest absolute Gasteiger partial charge is 0.338 e. The fourth-order valence-electron chi connectivity index (χ4n) is 6.25. The predicted molar refractivity (Wildman–Crippen MR) is 155 cm³/mol. The first kappa shape index (κ1) is 25.8. The van der Waals surface area contributed by atoms with E-state index < -0.39 is 17.2 Å². The van der Waals surface area contributed by atoms with Crippen molar-refractivity contribution in [2.75, 3.05) is 32.2 Å². The number of methoxy groups -OCH3 is 2. The number of esters is 1. The van der Waals surface area contributed by atoms with Gasteiger partial charge in [-0.25, -0.2) is 9.18 Å². The van der Waals surface area contributed by atoms with Gasteiger partial charge in [-0.2, -0.15) is 0 Å². The average molecular weight is 536 g/mol. The van der Waals surface area contributed by atoms with Crippen LogP contribution in [0.25, 0.3) is 16.8 Å². The Labute approximate surface area is 232 Å². The largest absolute Gasteiger partial charge is 0.497 e. The van der Waals surface area contributed by atoms with Crippen molar-refractivity contribution in [3.05, 3.63) is 112 Å². The normalized spacial score (nSPS) is 18.0. The monoisotopic (exact) mass is 535 g/mol. The second kappa shape index (κ2) is 10.3. The number of anilines is 1. The van der Waals surface area contributed by atoms with Gasteiger partial charge in [0.05, 0.1) is 19.8 Å². The fraction of sp³-hybridized carbons (Fsp3) is 0.235. The number of nitrogens with zero attached hydrogens (tertiary/aromatic N) is 1. The van der Waals surface area contributed by atoms with Crippen LogP contribution >= 0.6 is 0 Å². The summed E-state index contributed by atoms with van der Waals surface area (Å²) in [5.41, 5.74) is 4.71. The quantitative estimate of drug-likeness (QED) is 0.202. The van der Waals surface area contributed by atoms with E-state index in [4.69, 9.17) is 9.47 Å². The molecule has 0 radical (unpaired) electrons. The van der Waals surface area contributed by atoms with E-state index in [-0.39, 0.29) is 10.9 Å². The zero-order valence-corrected chi connectivity index (χ0v) is 22.6. The second-order valence-corrected chi connectivity index (χ2v) is 10.5. The number of fused-ring (bicyclic) bond motifs is 3. The van der Waals surface area contributed by atoms with E-state index in [1.54, 1.807) is 13.2 Å². The summed E-state index contributed by atoms with van der Waals surface area (Å²) in [4.78, 5) is 26.9. The number of hydrogen-bond acceptors (Lipinski definition) is 5. The minimum atomic E-state index is -0.613. The summed E-state index contributed by atoms with van der Waals surface area (Å²) >= 11 is 0. The first-order chi connectivity index (χ1) is 19.5. The summed E-state index contributed by atoms with van der Waals surface area (Å²) in [6.07, 6.45) is 7.57. The van der Waals surface area contributed by atoms with Crippen molar-refractivity contribution in [2.45, 2.75) is 24.7 Å². The van der Waals surface area contributed by atoms with Crippen LogP contribution in [0.2, 0.25) is 0 Å². The highest BCUT2D eigenvalue weighted by Gasteiger charge is 2.37. The molecule has 1 aliphatic carbocycles. The number of hydrogen-bond donors (Lipinski definition) is 0. The van der Waals surface area contributed by atoms with Gasteiger partial charge in [0, 0.05) is 35.1 Å². The lowest BCUT2D eigenvalue weighted by Gasteiger charge is -2.37. The lowest BCUT2D eigenvalue weighted by Crippen LogP contribution is -2.31. The van der Waals surface area contributed by atoms with Crippen LogP contribution in [0.15, 0.2) is 72.8 Å². The molecule has 0 N–H and O–H groups in total. The summed E-state index contributed by atoms with van der Waals surface area (Å²) in [6.45, 7) is 2.12. The summed E-state index contributed by atoms with van der Waals surface area (Å²) in [7, 11) is 2.96. The number of carbonyl (C=O) groups is 2. The van der Waals surface area contributed by atoms with E-state index in [0.29, 0.717) is 29.2 Å². The Morgan fingerprint density at radius 2 is 1.60 bits per heavy atom. The maximum absolute atomic E-state index is 15.3. The van der Waals surface area contributed by atoms with E-state index in [0.717, 1.165) is 35.5 Å². The van der Waals surface area contributed by atoms with Crippen LogP contribution in [-0.4, -0.2) is 39.6 Å². The van der Waals surface area contributed by atoms with Crippen molar-refractivity contribution < 1.29 is 23.5 Å². The zero-order valence-electron chi connectivity index (χ0n) is 22.6. The summed E-state index contributed by atoms with van der Waals surface area (Å²) < 4.78 is 25.8. The summed E-state index contributed by atoms with van der Waals surface area (Å²) in [6, 6.07) is 21.1. The highest BCUT2D eigenvalue weighted by atomic mass is 19.1. The summed E-state index contributed by atoms with van der Waals surface area (Å²) in [5, 5.41) is 0.897. The van der Waals surface area contributed by atoms with E-state index >= 15 is 4.39 Å². The van der Waals surface area contributed by atoms with Gasteiger partial charge < -0.3 is 14.4 Å². The number of rotatable bonds is 6. The van der Waals surface area contributed by atoms with Crippen molar-refractivity contribution in [3.63, 3.8) is 0 Å². The molecule has 2 aliphatic rings. The molecule has 0 spiro atoms. The Hall–Kier alpha value is -4.45. The predicted octanol–water partition coefficient (Wildman–Crippen LogP) is 6.74. The molecule has 6 rings (SSSR count). The third kappa shape index (κ3) is 4.24.